The molecular weight excluding hydrogens is 462 g/mol. The van der Waals surface area contributed by atoms with Crippen LogP contribution in [0, 0.1) is 0 Å². The van der Waals surface area contributed by atoms with E-state index in [-0.39, 0.29) is 12.2 Å². The van der Waals surface area contributed by atoms with Crippen molar-refractivity contribution in [2.45, 2.75) is 56.3 Å². The number of carbonyl (C=O) groups excluding carboxylic acids is 3. The van der Waals surface area contributed by atoms with E-state index in [0.717, 1.165) is 0 Å². The van der Waals surface area contributed by atoms with Crippen LogP contribution in [0.2, 0.25) is 0 Å². The number of carboxylic acid groups (broad SMARTS) is 2. The van der Waals surface area contributed by atoms with Gasteiger partial charge in [0.05, 0.1) is 12.5 Å². The van der Waals surface area contributed by atoms with Gasteiger partial charge in [0.1, 0.15) is 18.1 Å². The minimum absolute atomic E-state index is 0.176. The van der Waals surface area contributed by atoms with E-state index in [1.807, 2.05) is 0 Å². The number of hydrogen-bond acceptors (Lipinski definition) is 9. The van der Waals surface area contributed by atoms with Gasteiger partial charge in [-0.25, -0.2) is 4.79 Å². The number of carboxylic acids is 2. The second-order valence-corrected chi connectivity index (χ2v) is 8.33. The van der Waals surface area contributed by atoms with Crippen molar-refractivity contribution in [1.82, 2.24) is 16.0 Å². The van der Waals surface area contributed by atoms with Gasteiger partial charge in [-0.1, -0.05) is 6.42 Å². The lowest BCUT2D eigenvalue weighted by Gasteiger charge is -2.23. The van der Waals surface area contributed by atoms with Crippen LogP contribution in [-0.2, 0) is 24.0 Å². The monoisotopic (exact) mass is 495 g/mol. The molecule has 3 amide bonds. The first-order chi connectivity index (χ1) is 15.1. The Bertz CT molecular complexity index is 653. The molecule has 0 saturated heterocycles. The molecule has 32 heavy (non-hydrogen) atoms. The van der Waals surface area contributed by atoms with Crippen LogP contribution >= 0.6 is 24.4 Å². The quantitative estimate of drug-likeness (QED) is 0.0831. The van der Waals surface area contributed by atoms with Crippen molar-refractivity contribution in [1.29, 1.82) is 0 Å². The molecule has 0 aliphatic carbocycles. The molecule has 184 valence electrons. The number of thioether (sulfide) groups is 1. The molecule has 0 aliphatic heterocycles. The minimum atomic E-state index is -1.48. The maximum absolute atomic E-state index is 12.6. The first-order valence-corrected chi connectivity index (χ1v) is 12.0. The second kappa shape index (κ2) is 16.6. The lowest BCUT2D eigenvalue weighted by atomic mass is 10.1. The highest BCUT2D eigenvalue weighted by atomic mass is 32.2. The Morgan fingerprint density at radius 3 is 1.97 bits per heavy atom. The summed E-state index contributed by atoms with van der Waals surface area (Å²) in [5, 5.41) is 25.2. The number of unbranched alkanes of at least 4 members (excludes halogenated alkanes) is 1. The summed E-state index contributed by atoms with van der Waals surface area (Å²) >= 11 is 5.41. The summed E-state index contributed by atoms with van der Waals surface area (Å²) in [6.07, 6.45) is 2.78. The van der Waals surface area contributed by atoms with Crippen molar-refractivity contribution >= 4 is 54.1 Å². The molecule has 0 aliphatic rings. The zero-order chi connectivity index (χ0) is 24.7. The number of nitrogens with two attached hydrogens (primary N) is 2. The van der Waals surface area contributed by atoms with Crippen LogP contribution in [0.4, 0.5) is 0 Å². The molecule has 4 unspecified atom stereocenters. The fourth-order valence-electron chi connectivity index (χ4n) is 2.53. The van der Waals surface area contributed by atoms with Crippen molar-refractivity contribution < 1.29 is 34.2 Å². The highest BCUT2D eigenvalue weighted by Crippen LogP contribution is 2.04. The van der Waals surface area contributed by atoms with Crippen LogP contribution in [0.25, 0.3) is 0 Å². The third-order valence-corrected chi connectivity index (χ3v) is 5.37. The summed E-state index contributed by atoms with van der Waals surface area (Å²) in [4.78, 5) is 59.7. The van der Waals surface area contributed by atoms with E-state index in [1.165, 1.54) is 11.8 Å². The standard InChI is InChI=1S/C18H33N5O7S2/c1-32-7-5-11(18(29)30)21-17(28)13(9-31)23-16(27)12(8-14(24)25)22-15(26)10(20)4-2-3-6-19/h10-13,31H,2-9,19-20H2,1H3,(H,21,28)(H,22,26)(H,23,27)(H,24,25)(H,29,30). The number of hydrogen-bond donors (Lipinski definition) is 8. The highest BCUT2D eigenvalue weighted by molar-refractivity contribution is 7.98. The van der Waals surface area contributed by atoms with Crippen molar-refractivity contribution in [2.75, 3.05) is 24.3 Å². The zero-order valence-corrected chi connectivity index (χ0v) is 19.6. The summed E-state index contributed by atoms with van der Waals surface area (Å²) in [6, 6.07) is -4.84. The highest BCUT2D eigenvalue weighted by Gasteiger charge is 2.30. The Kier molecular flexibility index (Phi) is 15.5. The summed E-state index contributed by atoms with van der Waals surface area (Å²) in [5.74, 6) is -4.70. The minimum Gasteiger partial charge on any atom is -0.481 e. The van der Waals surface area contributed by atoms with Gasteiger partial charge in [-0.3, -0.25) is 19.2 Å². The van der Waals surface area contributed by atoms with Gasteiger partial charge in [0, 0.05) is 5.75 Å². The molecular formula is C18H33N5O7S2. The molecule has 14 heteroatoms. The number of nitrogens with one attached hydrogen (secondary N) is 3. The van der Waals surface area contributed by atoms with Gasteiger partial charge in [-0.05, 0) is 37.8 Å². The first-order valence-electron chi connectivity index (χ1n) is 9.98. The van der Waals surface area contributed by atoms with Crippen molar-refractivity contribution in [2.24, 2.45) is 11.5 Å². The Labute approximate surface area is 196 Å². The van der Waals surface area contributed by atoms with Crippen molar-refractivity contribution in [3.05, 3.63) is 0 Å². The van der Waals surface area contributed by atoms with Crippen molar-refractivity contribution in [3.8, 4) is 0 Å². The first kappa shape index (κ1) is 30.0. The second-order valence-electron chi connectivity index (χ2n) is 6.97. The third kappa shape index (κ3) is 12.1. The number of carbonyl (C=O) groups is 5. The van der Waals surface area contributed by atoms with E-state index in [0.29, 0.717) is 31.6 Å². The molecule has 0 fully saturated rings. The molecule has 0 aromatic heterocycles. The Hall–Kier alpha value is -2.03. The Balaban J connectivity index is 5.14. The van der Waals surface area contributed by atoms with E-state index < -0.39 is 60.2 Å². The molecule has 4 atom stereocenters. The number of aliphatic carboxylic acids is 2. The zero-order valence-electron chi connectivity index (χ0n) is 17.9. The van der Waals surface area contributed by atoms with Gasteiger partial charge in [-0.2, -0.15) is 24.4 Å². The van der Waals surface area contributed by atoms with Gasteiger partial charge >= 0.3 is 11.9 Å². The Morgan fingerprint density at radius 1 is 0.906 bits per heavy atom. The third-order valence-electron chi connectivity index (χ3n) is 4.36. The van der Waals surface area contributed by atoms with Crippen LogP contribution in [0.1, 0.15) is 32.1 Å². The average Bonchev–Trinajstić information content (AvgIpc) is 2.73. The van der Waals surface area contributed by atoms with E-state index >= 15 is 0 Å². The largest absolute Gasteiger partial charge is 0.481 e. The van der Waals surface area contributed by atoms with Crippen LogP contribution in [0.15, 0.2) is 0 Å². The van der Waals surface area contributed by atoms with E-state index in [1.54, 1.807) is 6.26 Å². The van der Waals surface area contributed by atoms with E-state index in [2.05, 4.69) is 28.6 Å². The number of amides is 3. The smallest absolute Gasteiger partial charge is 0.326 e. The lowest BCUT2D eigenvalue weighted by molar-refractivity contribution is -0.143. The van der Waals surface area contributed by atoms with Gasteiger partial charge in [0.15, 0.2) is 0 Å². The topological polar surface area (TPSA) is 214 Å². The van der Waals surface area contributed by atoms with Gasteiger partial charge < -0.3 is 37.6 Å². The van der Waals surface area contributed by atoms with Crippen LogP contribution in [-0.4, -0.2) is 88.3 Å². The van der Waals surface area contributed by atoms with Crippen LogP contribution in [0.3, 0.4) is 0 Å². The summed E-state index contributed by atoms with van der Waals surface area (Å²) in [5.41, 5.74) is 11.2. The molecule has 0 rings (SSSR count). The fourth-order valence-corrected chi connectivity index (χ4v) is 3.26. The van der Waals surface area contributed by atoms with Gasteiger partial charge in [-0.15, -0.1) is 0 Å². The van der Waals surface area contributed by atoms with E-state index in [9.17, 15) is 29.1 Å². The molecule has 0 aromatic carbocycles. The molecule has 9 N–H and O–H groups in total. The maximum atomic E-state index is 12.6. The normalized spacial score (nSPS) is 14.5. The lowest BCUT2D eigenvalue weighted by Crippen LogP contribution is -2.58. The van der Waals surface area contributed by atoms with Gasteiger partial charge in [0.25, 0.3) is 0 Å². The molecule has 0 saturated carbocycles. The number of thiol groups is 1. The maximum Gasteiger partial charge on any atom is 0.326 e. The molecule has 0 aromatic rings. The van der Waals surface area contributed by atoms with E-state index in [4.69, 9.17) is 16.6 Å². The summed E-state index contributed by atoms with van der Waals surface area (Å²) in [6.45, 7) is 0.436. The Morgan fingerprint density at radius 2 is 1.47 bits per heavy atom. The molecule has 0 bridgehead atoms. The predicted octanol–water partition coefficient (Wildman–Crippen LogP) is -1.86. The summed E-state index contributed by atoms with van der Waals surface area (Å²) in [7, 11) is 0. The van der Waals surface area contributed by atoms with Gasteiger partial charge in [0.2, 0.25) is 17.7 Å². The van der Waals surface area contributed by atoms with Crippen LogP contribution in [0.5, 0.6) is 0 Å². The molecule has 0 heterocycles. The van der Waals surface area contributed by atoms with Crippen molar-refractivity contribution in [3.63, 3.8) is 0 Å². The SMILES string of the molecule is CSCCC(NC(=O)C(CS)NC(=O)C(CC(=O)O)NC(=O)C(N)CCCCN)C(=O)O. The molecule has 12 nitrogen and oxygen atoms in total. The number of rotatable bonds is 17. The van der Waals surface area contributed by atoms with Crippen LogP contribution < -0.4 is 27.4 Å². The molecule has 0 spiro atoms. The fraction of sp³-hybridized carbons (Fsp3) is 0.722. The molecule has 0 radical (unpaired) electrons. The average molecular weight is 496 g/mol. The predicted molar refractivity (Wildman–Crippen MR) is 123 cm³/mol. The summed E-state index contributed by atoms with van der Waals surface area (Å²) < 4.78 is 0.